The summed E-state index contributed by atoms with van der Waals surface area (Å²) in [7, 11) is 1.60. The molecular formula is C27H31Cl2N7O3. The summed E-state index contributed by atoms with van der Waals surface area (Å²) in [4.78, 5) is 27.8. The van der Waals surface area contributed by atoms with Gasteiger partial charge in [-0.15, -0.1) is 0 Å². The van der Waals surface area contributed by atoms with Gasteiger partial charge in [0.2, 0.25) is 0 Å². The molecule has 4 N–H and O–H groups in total. The smallest absolute Gasteiger partial charge is 0.253 e. The number of benzene rings is 2. The van der Waals surface area contributed by atoms with Crippen LogP contribution in [-0.2, 0) is 17.7 Å². The van der Waals surface area contributed by atoms with E-state index in [4.69, 9.17) is 43.4 Å². The van der Waals surface area contributed by atoms with Crippen LogP contribution in [0.25, 0.3) is 22.4 Å². The first kappa shape index (κ1) is 27.3. The molecule has 1 fully saturated rings. The number of carbonyl (C=O) groups excluding carboxylic acids is 1. The number of anilines is 1. The summed E-state index contributed by atoms with van der Waals surface area (Å²) >= 11 is 12.0. The Morgan fingerprint density at radius 3 is 2.77 bits per heavy atom. The van der Waals surface area contributed by atoms with Crippen LogP contribution in [0.1, 0.15) is 22.3 Å². The molecule has 0 spiro atoms. The predicted octanol–water partition coefficient (Wildman–Crippen LogP) is 4.02. The van der Waals surface area contributed by atoms with Gasteiger partial charge >= 0.3 is 0 Å². The molecule has 1 saturated heterocycles. The minimum absolute atomic E-state index is 0.222. The molecule has 0 radical (unpaired) electrons. The molecule has 3 heterocycles. The third-order valence-corrected chi connectivity index (χ3v) is 7.62. The Morgan fingerprint density at radius 1 is 1.21 bits per heavy atom. The van der Waals surface area contributed by atoms with E-state index in [0.29, 0.717) is 58.5 Å². The molecule has 0 unspecified atom stereocenters. The second kappa shape index (κ2) is 12.3. The summed E-state index contributed by atoms with van der Waals surface area (Å²) in [6.07, 6.45) is 3.05. The molecule has 0 aliphatic carbocycles. The quantitative estimate of drug-likeness (QED) is 0.194. The van der Waals surface area contributed by atoms with Crippen molar-refractivity contribution in [1.29, 1.82) is 0 Å². The molecule has 1 aliphatic rings. The first-order chi connectivity index (χ1) is 18.9. The second-order valence-electron chi connectivity index (χ2n) is 9.37. The van der Waals surface area contributed by atoms with Crippen LogP contribution in [0.2, 0.25) is 10.3 Å². The topological polar surface area (TPSA) is 123 Å². The molecule has 2 aromatic carbocycles. The van der Waals surface area contributed by atoms with Crippen molar-refractivity contribution in [1.82, 2.24) is 29.7 Å². The first-order valence-corrected chi connectivity index (χ1v) is 13.6. The number of morpholine rings is 1. The van der Waals surface area contributed by atoms with E-state index in [0.717, 1.165) is 50.4 Å². The molecule has 0 atom stereocenters. The zero-order valence-electron chi connectivity index (χ0n) is 21.7. The molecule has 206 valence electrons. The van der Waals surface area contributed by atoms with E-state index in [-0.39, 0.29) is 11.1 Å². The third-order valence-electron chi connectivity index (χ3n) is 6.85. The number of imidazole rings is 2. The summed E-state index contributed by atoms with van der Waals surface area (Å²) in [6, 6.07) is 9.34. The Morgan fingerprint density at radius 2 is 2.03 bits per heavy atom. The van der Waals surface area contributed by atoms with Crippen LogP contribution in [0, 0.1) is 0 Å². The van der Waals surface area contributed by atoms with Gasteiger partial charge in [0, 0.05) is 44.0 Å². The van der Waals surface area contributed by atoms with E-state index in [2.05, 4.69) is 20.2 Å². The number of hydrogen-bond donors (Lipinski definition) is 3. The van der Waals surface area contributed by atoms with Gasteiger partial charge in [-0.3, -0.25) is 9.69 Å². The molecule has 12 heteroatoms. The lowest BCUT2D eigenvalue weighted by atomic mass is 10.0. The number of nitrogens with zero attached hydrogens (tertiary/aromatic N) is 4. The molecule has 1 aliphatic heterocycles. The molecule has 39 heavy (non-hydrogen) atoms. The van der Waals surface area contributed by atoms with E-state index in [9.17, 15) is 4.79 Å². The maximum atomic E-state index is 13.2. The fraction of sp³-hybridized carbons (Fsp3) is 0.370. The second-order valence-corrected chi connectivity index (χ2v) is 10.1. The Bertz CT molecular complexity index is 1460. The number of H-pyrrole nitrogens is 1. The van der Waals surface area contributed by atoms with Gasteiger partial charge in [0.05, 0.1) is 32.2 Å². The number of halogens is 2. The number of amides is 1. The van der Waals surface area contributed by atoms with Crippen molar-refractivity contribution in [3.05, 3.63) is 58.1 Å². The van der Waals surface area contributed by atoms with Gasteiger partial charge in [-0.2, -0.15) is 0 Å². The summed E-state index contributed by atoms with van der Waals surface area (Å²) in [6.45, 7) is 5.26. The maximum absolute atomic E-state index is 13.2. The van der Waals surface area contributed by atoms with Crippen molar-refractivity contribution < 1.29 is 14.3 Å². The van der Waals surface area contributed by atoms with Crippen LogP contribution in [-0.4, -0.2) is 76.8 Å². The molecule has 4 aromatic rings. The number of aromatic nitrogens is 4. The number of fused-ring (bicyclic) bond motifs is 1. The zero-order chi connectivity index (χ0) is 27.4. The van der Waals surface area contributed by atoms with Gasteiger partial charge < -0.3 is 30.1 Å². The predicted molar refractivity (Wildman–Crippen MR) is 153 cm³/mol. The summed E-state index contributed by atoms with van der Waals surface area (Å²) < 4.78 is 12.8. The van der Waals surface area contributed by atoms with Crippen LogP contribution in [0.5, 0.6) is 5.75 Å². The van der Waals surface area contributed by atoms with Gasteiger partial charge in [0.15, 0.2) is 5.15 Å². The average Bonchev–Trinajstić information content (AvgIpc) is 3.53. The number of aromatic amines is 1. The maximum Gasteiger partial charge on any atom is 0.253 e. The highest BCUT2D eigenvalue weighted by atomic mass is 35.5. The summed E-state index contributed by atoms with van der Waals surface area (Å²) in [5.41, 5.74) is 10.5. The van der Waals surface area contributed by atoms with E-state index in [1.807, 2.05) is 18.2 Å². The number of ether oxygens (including phenoxy) is 2. The molecule has 10 nitrogen and oxygen atoms in total. The number of nitrogens with two attached hydrogens (primary N) is 1. The SMILES string of the molecule is COc1ccc(C(=O)NCCCn2cnc(Cl)c2Cl)c2nc(-c3ccc(N)cc3CCN3CCOCC3)[nH]c12. The summed E-state index contributed by atoms with van der Waals surface area (Å²) in [5, 5.41) is 3.62. The highest BCUT2D eigenvalue weighted by Crippen LogP contribution is 2.32. The number of aryl methyl sites for hydroxylation is 1. The van der Waals surface area contributed by atoms with Crippen LogP contribution in [0.3, 0.4) is 0 Å². The number of nitrogen functional groups attached to an aromatic ring is 1. The normalized spacial score (nSPS) is 14.1. The lowest BCUT2D eigenvalue weighted by Crippen LogP contribution is -2.37. The van der Waals surface area contributed by atoms with E-state index in [1.54, 1.807) is 30.1 Å². The van der Waals surface area contributed by atoms with Crippen molar-refractivity contribution >= 4 is 45.8 Å². The van der Waals surface area contributed by atoms with Crippen molar-refractivity contribution in [2.45, 2.75) is 19.4 Å². The van der Waals surface area contributed by atoms with Gasteiger partial charge in [0.25, 0.3) is 5.91 Å². The third kappa shape index (κ3) is 6.14. The standard InChI is InChI=1S/C27H31Cl2N7O3/c1-38-21-6-5-20(27(37)31-8-2-9-36-16-32-24(28)25(36)29)22-23(21)34-26(33-22)19-4-3-18(30)15-17(19)7-10-35-11-13-39-14-12-35/h3-6,15-16H,2,7-14,30H2,1H3,(H,31,37)(H,33,34). The van der Waals surface area contributed by atoms with Crippen molar-refractivity contribution in [2.24, 2.45) is 0 Å². The Hall–Kier alpha value is -3.31. The number of rotatable bonds is 10. The van der Waals surface area contributed by atoms with E-state index < -0.39 is 0 Å². The average molecular weight is 572 g/mol. The number of methoxy groups -OCH3 is 1. The van der Waals surface area contributed by atoms with Crippen LogP contribution < -0.4 is 15.8 Å². The molecule has 2 aromatic heterocycles. The van der Waals surface area contributed by atoms with Crippen molar-refractivity contribution in [3.63, 3.8) is 0 Å². The number of carbonyl (C=O) groups is 1. The Labute approximate surface area is 236 Å². The fourth-order valence-corrected chi connectivity index (χ4v) is 5.08. The van der Waals surface area contributed by atoms with Crippen LogP contribution in [0.15, 0.2) is 36.7 Å². The highest BCUT2D eigenvalue weighted by Gasteiger charge is 2.20. The Kier molecular flexibility index (Phi) is 8.56. The van der Waals surface area contributed by atoms with Crippen molar-refractivity contribution in [3.8, 4) is 17.1 Å². The van der Waals surface area contributed by atoms with E-state index >= 15 is 0 Å². The largest absolute Gasteiger partial charge is 0.494 e. The number of hydrogen-bond acceptors (Lipinski definition) is 7. The number of nitrogens with one attached hydrogen (secondary N) is 2. The van der Waals surface area contributed by atoms with Crippen LogP contribution >= 0.6 is 23.2 Å². The lowest BCUT2D eigenvalue weighted by molar-refractivity contribution is 0.0384. The molecular weight excluding hydrogens is 541 g/mol. The van der Waals surface area contributed by atoms with Gasteiger partial charge in [-0.1, -0.05) is 23.2 Å². The van der Waals surface area contributed by atoms with Crippen LogP contribution in [0.4, 0.5) is 5.69 Å². The molecule has 0 bridgehead atoms. The Balaban J connectivity index is 1.36. The minimum atomic E-state index is -0.222. The first-order valence-electron chi connectivity index (χ1n) is 12.8. The van der Waals surface area contributed by atoms with Crippen molar-refractivity contribution in [2.75, 3.05) is 52.2 Å². The van der Waals surface area contributed by atoms with Gasteiger partial charge in [-0.05, 0) is 48.7 Å². The fourth-order valence-electron chi connectivity index (χ4n) is 4.75. The zero-order valence-corrected chi connectivity index (χ0v) is 23.2. The van der Waals surface area contributed by atoms with Gasteiger partial charge in [-0.25, -0.2) is 9.97 Å². The molecule has 0 saturated carbocycles. The van der Waals surface area contributed by atoms with E-state index in [1.165, 1.54) is 0 Å². The molecule has 5 rings (SSSR count). The van der Waals surface area contributed by atoms with Gasteiger partial charge in [0.1, 0.15) is 27.8 Å². The summed E-state index contributed by atoms with van der Waals surface area (Å²) in [5.74, 6) is 1.05. The lowest BCUT2D eigenvalue weighted by Gasteiger charge is -2.26. The highest BCUT2D eigenvalue weighted by molar-refractivity contribution is 6.40. The molecule has 1 amide bonds. The monoisotopic (exact) mass is 571 g/mol. The minimum Gasteiger partial charge on any atom is -0.494 e.